The molecule has 1 aliphatic carbocycles. The Morgan fingerprint density at radius 2 is 2.07 bits per heavy atom. The summed E-state index contributed by atoms with van der Waals surface area (Å²) in [5.74, 6) is 0.142. The van der Waals surface area contributed by atoms with Gasteiger partial charge in [-0.3, -0.25) is 9.69 Å². The first-order valence-corrected chi connectivity index (χ1v) is 5.47. The van der Waals surface area contributed by atoms with Crippen molar-refractivity contribution in [2.75, 3.05) is 13.1 Å². The SMILES string of the molecule is CCN(CCC1CC1)C(C)(C)C(=O)O. The van der Waals surface area contributed by atoms with Gasteiger partial charge < -0.3 is 5.11 Å². The highest BCUT2D eigenvalue weighted by Gasteiger charge is 2.34. The molecule has 82 valence electrons. The third-order valence-corrected chi connectivity index (χ3v) is 3.20. The lowest BCUT2D eigenvalue weighted by molar-refractivity contribution is -0.149. The van der Waals surface area contributed by atoms with Crippen LogP contribution >= 0.6 is 0 Å². The molecule has 3 nitrogen and oxygen atoms in total. The molecule has 1 saturated carbocycles. The van der Waals surface area contributed by atoms with Gasteiger partial charge in [-0.2, -0.15) is 0 Å². The monoisotopic (exact) mass is 199 g/mol. The molecule has 0 spiro atoms. The van der Waals surface area contributed by atoms with Crippen molar-refractivity contribution < 1.29 is 9.90 Å². The maximum Gasteiger partial charge on any atom is 0.323 e. The van der Waals surface area contributed by atoms with E-state index in [-0.39, 0.29) is 0 Å². The molecule has 3 heteroatoms. The molecule has 1 N–H and O–H groups in total. The molecule has 0 aromatic rings. The predicted octanol–water partition coefficient (Wildman–Crippen LogP) is 1.97. The van der Waals surface area contributed by atoms with E-state index < -0.39 is 11.5 Å². The van der Waals surface area contributed by atoms with E-state index in [1.54, 1.807) is 13.8 Å². The summed E-state index contributed by atoms with van der Waals surface area (Å²) in [4.78, 5) is 13.1. The van der Waals surface area contributed by atoms with Crippen molar-refractivity contribution in [1.82, 2.24) is 4.90 Å². The van der Waals surface area contributed by atoms with Crippen LogP contribution in [0.2, 0.25) is 0 Å². The average molecular weight is 199 g/mol. The summed E-state index contributed by atoms with van der Waals surface area (Å²) in [5.41, 5.74) is -0.719. The number of nitrogens with zero attached hydrogens (tertiary/aromatic N) is 1. The highest BCUT2D eigenvalue weighted by molar-refractivity contribution is 5.77. The summed E-state index contributed by atoms with van der Waals surface area (Å²) in [7, 11) is 0. The number of carbonyl (C=O) groups is 1. The van der Waals surface area contributed by atoms with Crippen LogP contribution in [0.15, 0.2) is 0 Å². The van der Waals surface area contributed by atoms with Crippen LogP contribution < -0.4 is 0 Å². The summed E-state index contributed by atoms with van der Waals surface area (Å²) in [6, 6.07) is 0. The summed E-state index contributed by atoms with van der Waals surface area (Å²) >= 11 is 0. The third kappa shape index (κ3) is 2.71. The molecule has 1 rings (SSSR count). The minimum Gasteiger partial charge on any atom is -0.480 e. The van der Waals surface area contributed by atoms with Gasteiger partial charge in [0.15, 0.2) is 0 Å². The van der Waals surface area contributed by atoms with E-state index in [0.29, 0.717) is 0 Å². The quantitative estimate of drug-likeness (QED) is 0.711. The van der Waals surface area contributed by atoms with E-state index in [9.17, 15) is 4.79 Å². The lowest BCUT2D eigenvalue weighted by Gasteiger charge is -2.34. The third-order valence-electron chi connectivity index (χ3n) is 3.20. The summed E-state index contributed by atoms with van der Waals surface area (Å²) in [6.45, 7) is 7.32. The van der Waals surface area contributed by atoms with Gasteiger partial charge in [0.2, 0.25) is 0 Å². The van der Waals surface area contributed by atoms with Gasteiger partial charge in [-0.25, -0.2) is 0 Å². The van der Waals surface area contributed by atoms with Crippen molar-refractivity contribution in [3.8, 4) is 0 Å². The first kappa shape index (κ1) is 11.5. The first-order chi connectivity index (χ1) is 6.48. The zero-order valence-electron chi connectivity index (χ0n) is 9.42. The van der Waals surface area contributed by atoms with E-state index in [2.05, 4.69) is 0 Å². The molecular weight excluding hydrogens is 178 g/mol. The van der Waals surface area contributed by atoms with Crippen LogP contribution in [0.3, 0.4) is 0 Å². The maximum atomic E-state index is 11.0. The van der Waals surface area contributed by atoms with Gasteiger partial charge in [-0.05, 0) is 39.3 Å². The maximum absolute atomic E-state index is 11.0. The fourth-order valence-electron chi connectivity index (χ4n) is 1.71. The van der Waals surface area contributed by atoms with E-state index >= 15 is 0 Å². The molecule has 0 aliphatic heterocycles. The smallest absolute Gasteiger partial charge is 0.323 e. The largest absolute Gasteiger partial charge is 0.480 e. The van der Waals surface area contributed by atoms with E-state index in [1.807, 2.05) is 11.8 Å². The first-order valence-electron chi connectivity index (χ1n) is 5.47. The second kappa shape index (κ2) is 4.30. The zero-order chi connectivity index (χ0) is 10.8. The average Bonchev–Trinajstić information content (AvgIpc) is 2.88. The topological polar surface area (TPSA) is 40.5 Å². The Balaban J connectivity index is 2.45. The lowest BCUT2D eigenvalue weighted by atomic mass is 10.0. The Bertz CT molecular complexity index is 209. The summed E-state index contributed by atoms with van der Waals surface area (Å²) in [6.07, 6.45) is 3.83. The molecule has 0 unspecified atom stereocenters. The van der Waals surface area contributed by atoms with Crippen LogP contribution in [-0.2, 0) is 4.79 Å². The van der Waals surface area contributed by atoms with Crippen LogP contribution in [0.1, 0.15) is 40.0 Å². The molecule has 1 fully saturated rings. The van der Waals surface area contributed by atoms with E-state index in [1.165, 1.54) is 12.8 Å². The molecule has 0 atom stereocenters. The number of carboxylic acid groups (broad SMARTS) is 1. The number of aliphatic carboxylic acids is 1. The van der Waals surface area contributed by atoms with E-state index in [4.69, 9.17) is 5.11 Å². The van der Waals surface area contributed by atoms with Gasteiger partial charge in [0.1, 0.15) is 5.54 Å². The van der Waals surface area contributed by atoms with Crippen molar-refractivity contribution in [1.29, 1.82) is 0 Å². The normalized spacial score (nSPS) is 17.4. The van der Waals surface area contributed by atoms with Crippen molar-refractivity contribution in [3.63, 3.8) is 0 Å². The van der Waals surface area contributed by atoms with Gasteiger partial charge in [-0.1, -0.05) is 19.8 Å². The fourth-order valence-corrected chi connectivity index (χ4v) is 1.71. The minimum atomic E-state index is -0.727. The number of likely N-dealkylation sites (N-methyl/N-ethyl adjacent to an activating group) is 1. The molecule has 0 aromatic carbocycles. The van der Waals surface area contributed by atoms with Crippen LogP contribution in [0.5, 0.6) is 0 Å². The molecule has 14 heavy (non-hydrogen) atoms. The Hall–Kier alpha value is -0.570. The minimum absolute atomic E-state index is 0.719. The Kier molecular flexibility index (Phi) is 3.53. The highest BCUT2D eigenvalue weighted by atomic mass is 16.4. The van der Waals surface area contributed by atoms with Crippen LogP contribution in [0.25, 0.3) is 0 Å². The Labute approximate surface area is 86.1 Å². The summed E-state index contributed by atoms with van der Waals surface area (Å²) < 4.78 is 0. The van der Waals surface area contributed by atoms with Crippen molar-refractivity contribution in [3.05, 3.63) is 0 Å². The van der Waals surface area contributed by atoms with Gasteiger partial charge >= 0.3 is 5.97 Å². The van der Waals surface area contributed by atoms with Gasteiger partial charge in [-0.15, -0.1) is 0 Å². The van der Waals surface area contributed by atoms with Crippen molar-refractivity contribution >= 4 is 5.97 Å². The van der Waals surface area contributed by atoms with Crippen LogP contribution in [-0.4, -0.2) is 34.6 Å². The molecule has 1 aliphatic rings. The van der Waals surface area contributed by atoms with Crippen molar-refractivity contribution in [2.24, 2.45) is 5.92 Å². The fraction of sp³-hybridized carbons (Fsp3) is 0.909. The van der Waals surface area contributed by atoms with Crippen LogP contribution in [0, 0.1) is 5.92 Å². The standard InChI is InChI=1S/C11H21NO2/c1-4-12(8-7-9-5-6-9)11(2,3)10(13)14/h9H,4-8H2,1-3H3,(H,13,14). The van der Waals surface area contributed by atoms with E-state index in [0.717, 1.165) is 25.4 Å². The van der Waals surface area contributed by atoms with Gasteiger partial charge in [0.05, 0.1) is 0 Å². The predicted molar refractivity (Wildman–Crippen MR) is 56.3 cm³/mol. The molecule has 0 bridgehead atoms. The number of hydrogen-bond acceptors (Lipinski definition) is 2. The highest BCUT2D eigenvalue weighted by Crippen LogP contribution is 2.33. The Morgan fingerprint density at radius 1 is 1.50 bits per heavy atom. The molecule has 0 amide bonds. The second-order valence-electron chi connectivity index (χ2n) is 4.68. The second-order valence-corrected chi connectivity index (χ2v) is 4.68. The van der Waals surface area contributed by atoms with Crippen LogP contribution in [0.4, 0.5) is 0 Å². The molecule has 0 aromatic heterocycles. The molecule has 0 saturated heterocycles. The van der Waals surface area contributed by atoms with Gasteiger partial charge in [0.25, 0.3) is 0 Å². The molecule has 0 radical (unpaired) electrons. The number of rotatable bonds is 6. The van der Waals surface area contributed by atoms with Gasteiger partial charge in [0, 0.05) is 0 Å². The Morgan fingerprint density at radius 3 is 2.43 bits per heavy atom. The zero-order valence-corrected chi connectivity index (χ0v) is 9.42. The molecule has 0 heterocycles. The number of carboxylic acids is 1. The molecular formula is C11H21NO2. The summed E-state index contributed by atoms with van der Waals surface area (Å²) in [5, 5.41) is 9.08. The number of hydrogen-bond donors (Lipinski definition) is 1. The van der Waals surface area contributed by atoms with Crippen molar-refractivity contribution in [2.45, 2.75) is 45.6 Å². The lowest BCUT2D eigenvalue weighted by Crippen LogP contribution is -2.50.